The van der Waals surface area contributed by atoms with Gasteiger partial charge in [0.1, 0.15) is 0 Å². The Balaban J connectivity index is 2.26. The molecule has 3 heteroatoms. The molecular formula is C11H17N3. The predicted molar refractivity (Wildman–Crippen MR) is 56.8 cm³/mol. The van der Waals surface area contributed by atoms with Crippen LogP contribution in [0.1, 0.15) is 24.9 Å². The average molecular weight is 191 g/mol. The average Bonchev–Trinajstić information content (AvgIpc) is 2.63. The van der Waals surface area contributed by atoms with Gasteiger partial charge in [0.15, 0.2) is 0 Å². The van der Waals surface area contributed by atoms with E-state index in [1.807, 2.05) is 12.3 Å². The quantitative estimate of drug-likeness (QED) is 0.735. The van der Waals surface area contributed by atoms with Crippen molar-refractivity contribution < 1.29 is 0 Å². The standard InChI is InChI=1S/C11H17N3/c1-11(8-12)4-6-14-10(11)9-3-2-5-13-7-9/h2-3,5,7,10,14H,4,6,8,12H2,1H3/t10-,11-/m1/s1. The first kappa shape index (κ1) is 9.62. The lowest BCUT2D eigenvalue weighted by Crippen LogP contribution is -2.33. The van der Waals surface area contributed by atoms with Crippen LogP contribution in [0.2, 0.25) is 0 Å². The lowest BCUT2D eigenvalue weighted by molar-refractivity contribution is 0.294. The van der Waals surface area contributed by atoms with E-state index in [1.165, 1.54) is 5.56 Å². The fourth-order valence-electron chi connectivity index (χ4n) is 2.18. The van der Waals surface area contributed by atoms with Gasteiger partial charge in [0, 0.05) is 23.9 Å². The van der Waals surface area contributed by atoms with Crippen molar-refractivity contribution in [2.75, 3.05) is 13.1 Å². The first-order valence-corrected chi connectivity index (χ1v) is 5.10. The summed E-state index contributed by atoms with van der Waals surface area (Å²) in [5.41, 5.74) is 7.27. The number of nitrogens with one attached hydrogen (secondary N) is 1. The molecule has 0 aromatic carbocycles. The highest BCUT2D eigenvalue weighted by atomic mass is 15.0. The van der Waals surface area contributed by atoms with Crippen LogP contribution in [0.3, 0.4) is 0 Å². The number of nitrogens with two attached hydrogens (primary N) is 1. The molecule has 1 aliphatic heterocycles. The molecule has 3 N–H and O–H groups in total. The largest absolute Gasteiger partial charge is 0.330 e. The van der Waals surface area contributed by atoms with E-state index in [4.69, 9.17) is 5.73 Å². The van der Waals surface area contributed by atoms with Gasteiger partial charge in [-0.25, -0.2) is 0 Å². The Bertz CT molecular complexity index is 299. The van der Waals surface area contributed by atoms with Crippen LogP contribution in [-0.2, 0) is 0 Å². The Kier molecular flexibility index (Phi) is 2.52. The zero-order chi connectivity index (χ0) is 10.0. The number of hydrogen-bond acceptors (Lipinski definition) is 3. The van der Waals surface area contributed by atoms with Gasteiger partial charge in [0.05, 0.1) is 0 Å². The number of aromatic nitrogens is 1. The van der Waals surface area contributed by atoms with Crippen molar-refractivity contribution in [3.63, 3.8) is 0 Å². The lowest BCUT2D eigenvalue weighted by Gasteiger charge is -2.29. The second kappa shape index (κ2) is 3.67. The highest BCUT2D eigenvalue weighted by molar-refractivity contribution is 5.19. The van der Waals surface area contributed by atoms with E-state index in [9.17, 15) is 0 Å². The zero-order valence-corrected chi connectivity index (χ0v) is 8.53. The summed E-state index contributed by atoms with van der Waals surface area (Å²) in [7, 11) is 0. The van der Waals surface area contributed by atoms with E-state index in [-0.39, 0.29) is 5.41 Å². The minimum absolute atomic E-state index is 0.184. The van der Waals surface area contributed by atoms with E-state index in [1.54, 1.807) is 6.20 Å². The van der Waals surface area contributed by atoms with Crippen LogP contribution < -0.4 is 11.1 Å². The Morgan fingerprint density at radius 1 is 1.71 bits per heavy atom. The molecule has 0 aliphatic carbocycles. The number of rotatable bonds is 2. The zero-order valence-electron chi connectivity index (χ0n) is 8.53. The normalized spacial score (nSPS) is 32.0. The van der Waals surface area contributed by atoms with Crippen molar-refractivity contribution >= 4 is 0 Å². The number of hydrogen-bond donors (Lipinski definition) is 2. The molecular weight excluding hydrogens is 174 g/mol. The van der Waals surface area contributed by atoms with E-state index in [0.717, 1.165) is 19.5 Å². The summed E-state index contributed by atoms with van der Waals surface area (Å²) in [5, 5.41) is 3.49. The van der Waals surface area contributed by atoms with Crippen molar-refractivity contribution in [2.45, 2.75) is 19.4 Å². The summed E-state index contributed by atoms with van der Waals surface area (Å²) in [6, 6.07) is 4.46. The predicted octanol–water partition coefficient (Wildman–Crippen LogP) is 1.08. The Hall–Kier alpha value is -0.930. The van der Waals surface area contributed by atoms with Crippen molar-refractivity contribution in [1.29, 1.82) is 0 Å². The molecule has 1 fully saturated rings. The summed E-state index contributed by atoms with van der Waals surface area (Å²) in [5.74, 6) is 0. The summed E-state index contributed by atoms with van der Waals surface area (Å²) in [4.78, 5) is 4.15. The molecule has 1 aliphatic rings. The lowest BCUT2D eigenvalue weighted by atomic mass is 9.80. The van der Waals surface area contributed by atoms with Crippen molar-refractivity contribution in [2.24, 2.45) is 11.1 Å². The van der Waals surface area contributed by atoms with Gasteiger partial charge in [-0.1, -0.05) is 13.0 Å². The van der Waals surface area contributed by atoms with Crippen LogP contribution in [0, 0.1) is 5.41 Å². The maximum absolute atomic E-state index is 5.84. The molecule has 1 aromatic rings. The molecule has 0 radical (unpaired) electrons. The molecule has 14 heavy (non-hydrogen) atoms. The van der Waals surface area contributed by atoms with Gasteiger partial charge in [-0.2, -0.15) is 0 Å². The molecule has 1 saturated heterocycles. The molecule has 0 saturated carbocycles. The summed E-state index contributed by atoms with van der Waals surface area (Å²) in [6.45, 7) is 4.01. The van der Waals surface area contributed by atoms with Gasteiger partial charge in [0.2, 0.25) is 0 Å². The van der Waals surface area contributed by atoms with Crippen LogP contribution >= 0.6 is 0 Å². The molecule has 2 rings (SSSR count). The molecule has 2 atom stereocenters. The second-order valence-corrected chi connectivity index (χ2v) is 4.28. The van der Waals surface area contributed by atoms with Crippen molar-refractivity contribution in [3.05, 3.63) is 30.1 Å². The minimum atomic E-state index is 0.184. The first-order chi connectivity index (χ1) is 6.76. The highest BCUT2D eigenvalue weighted by Crippen LogP contribution is 2.39. The molecule has 1 aromatic heterocycles. The third kappa shape index (κ3) is 1.53. The van der Waals surface area contributed by atoms with Crippen LogP contribution in [0.4, 0.5) is 0 Å². The van der Waals surface area contributed by atoms with E-state index < -0.39 is 0 Å². The molecule has 76 valence electrons. The maximum atomic E-state index is 5.84. The van der Waals surface area contributed by atoms with Gasteiger partial charge in [-0.15, -0.1) is 0 Å². The molecule has 0 amide bonds. The number of nitrogens with zero attached hydrogens (tertiary/aromatic N) is 1. The van der Waals surface area contributed by atoms with Gasteiger partial charge >= 0.3 is 0 Å². The van der Waals surface area contributed by atoms with E-state index >= 15 is 0 Å². The van der Waals surface area contributed by atoms with Crippen LogP contribution in [0.25, 0.3) is 0 Å². The summed E-state index contributed by atoms with van der Waals surface area (Å²) < 4.78 is 0. The van der Waals surface area contributed by atoms with E-state index in [0.29, 0.717) is 6.04 Å². The van der Waals surface area contributed by atoms with Gasteiger partial charge in [0.25, 0.3) is 0 Å². The van der Waals surface area contributed by atoms with Crippen LogP contribution in [-0.4, -0.2) is 18.1 Å². The molecule has 3 nitrogen and oxygen atoms in total. The monoisotopic (exact) mass is 191 g/mol. The Morgan fingerprint density at radius 3 is 3.21 bits per heavy atom. The van der Waals surface area contributed by atoms with Gasteiger partial charge < -0.3 is 11.1 Å². The minimum Gasteiger partial charge on any atom is -0.330 e. The van der Waals surface area contributed by atoms with Gasteiger partial charge in [-0.05, 0) is 31.1 Å². The third-order valence-electron chi connectivity index (χ3n) is 3.23. The molecule has 0 bridgehead atoms. The summed E-state index contributed by atoms with van der Waals surface area (Å²) in [6.07, 6.45) is 4.87. The number of pyridine rings is 1. The van der Waals surface area contributed by atoms with Crippen LogP contribution in [0.5, 0.6) is 0 Å². The van der Waals surface area contributed by atoms with E-state index in [2.05, 4.69) is 23.3 Å². The highest BCUT2D eigenvalue weighted by Gasteiger charge is 2.38. The fourth-order valence-corrected chi connectivity index (χ4v) is 2.18. The maximum Gasteiger partial charge on any atom is 0.0402 e. The molecule has 0 spiro atoms. The molecule has 2 heterocycles. The van der Waals surface area contributed by atoms with Crippen molar-refractivity contribution in [1.82, 2.24) is 10.3 Å². The smallest absolute Gasteiger partial charge is 0.0402 e. The molecule has 0 unspecified atom stereocenters. The first-order valence-electron chi connectivity index (χ1n) is 5.10. The second-order valence-electron chi connectivity index (χ2n) is 4.28. The topological polar surface area (TPSA) is 50.9 Å². The van der Waals surface area contributed by atoms with Gasteiger partial charge in [-0.3, -0.25) is 4.98 Å². The Morgan fingerprint density at radius 2 is 2.57 bits per heavy atom. The SMILES string of the molecule is C[C@]1(CN)CCN[C@@H]1c1cccnc1. The summed E-state index contributed by atoms with van der Waals surface area (Å²) >= 11 is 0. The Labute approximate surface area is 84.7 Å². The fraction of sp³-hybridized carbons (Fsp3) is 0.545. The van der Waals surface area contributed by atoms with Crippen LogP contribution in [0.15, 0.2) is 24.5 Å². The third-order valence-corrected chi connectivity index (χ3v) is 3.23. The van der Waals surface area contributed by atoms with Crippen molar-refractivity contribution in [3.8, 4) is 0 Å².